The number of urea groups is 1. The van der Waals surface area contributed by atoms with Crippen LogP contribution in [0, 0.1) is 0 Å². The molecule has 0 radical (unpaired) electrons. The predicted octanol–water partition coefficient (Wildman–Crippen LogP) is 5.31. The summed E-state index contributed by atoms with van der Waals surface area (Å²) >= 11 is 5.85. The van der Waals surface area contributed by atoms with Gasteiger partial charge in [-0.2, -0.15) is 0 Å². The molecule has 2 aromatic rings. The topological polar surface area (TPSA) is 71.1 Å². The Hall–Kier alpha value is -2.77. The quantitative estimate of drug-likeness (QED) is 0.635. The summed E-state index contributed by atoms with van der Waals surface area (Å²) in [7, 11) is 3.53. The fraction of sp³-hybridized carbons (Fsp3) is 0.417. The molecule has 1 heterocycles. The Bertz CT molecular complexity index is 896. The van der Waals surface area contributed by atoms with Crippen molar-refractivity contribution in [2.45, 2.75) is 38.5 Å². The third-order valence-electron chi connectivity index (χ3n) is 5.85. The second-order valence-electron chi connectivity index (χ2n) is 7.94. The van der Waals surface area contributed by atoms with Crippen LogP contribution in [-0.4, -0.2) is 55.3 Å². The lowest BCUT2D eigenvalue weighted by Crippen LogP contribution is -2.47. The van der Waals surface area contributed by atoms with E-state index in [0.29, 0.717) is 23.8 Å². The lowest BCUT2D eigenvalue weighted by Gasteiger charge is -2.36. The van der Waals surface area contributed by atoms with E-state index >= 15 is 0 Å². The maximum Gasteiger partial charge on any atom is 0.411 e. The van der Waals surface area contributed by atoms with Crippen LogP contribution in [0.3, 0.4) is 0 Å². The third kappa shape index (κ3) is 6.37. The SMILES string of the molecule is COC1CCN(C(=O)N(C)C(C)c2ccc(NC(=O)OCc3ccc(Cl)cc3)cc2)CC1. The summed E-state index contributed by atoms with van der Waals surface area (Å²) in [4.78, 5) is 28.5. The van der Waals surface area contributed by atoms with Gasteiger partial charge in [0.25, 0.3) is 0 Å². The van der Waals surface area contributed by atoms with E-state index < -0.39 is 6.09 Å². The zero-order valence-electron chi connectivity index (χ0n) is 18.7. The number of amides is 3. The van der Waals surface area contributed by atoms with Gasteiger partial charge in [0.05, 0.1) is 12.1 Å². The number of nitrogens with one attached hydrogen (secondary N) is 1. The number of piperidine rings is 1. The molecular weight excluding hydrogens is 430 g/mol. The molecule has 1 aliphatic rings. The third-order valence-corrected chi connectivity index (χ3v) is 6.10. The Balaban J connectivity index is 1.49. The lowest BCUT2D eigenvalue weighted by atomic mass is 10.1. The number of hydrogen-bond donors (Lipinski definition) is 1. The number of rotatable bonds is 6. The molecule has 1 saturated heterocycles. The molecule has 1 aliphatic heterocycles. The standard InChI is InChI=1S/C24H30ClN3O4/c1-17(27(2)24(30)28-14-12-22(31-3)13-15-28)19-6-10-21(11-7-19)26-23(29)32-16-18-4-8-20(25)9-5-18/h4-11,17,22H,12-16H2,1-3H3,(H,26,29). The number of ether oxygens (including phenoxy) is 2. The van der Waals surface area contributed by atoms with Crippen molar-refractivity contribution in [3.8, 4) is 0 Å². The van der Waals surface area contributed by atoms with Crippen LogP contribution in [0.5, 0.6) is 0 Å². The van der Waals surface area contributed by atoms with E-state index in [2.05, 4.69) is 5.32 Å². The highest BCUT2D eigenvalue weighted by Gasteiger charge is 2.27. The van der Waals surface area contributed by atoms with E-state index in [1.54, 1.807) is 36.3 Å². The van der Waals surface area contributed by atoms with Crippen LogP contribution in [0.15, 0.2) is 48.5 Å². The molecule has 1 atom stereocenters. The second-order valence-corrected chi connectivity index (χ2v) is 8.38. The van der Waals surface area contributed by atoms with Gasteiger partial charge in [0.2, 0.25) is 0 Å². The van der Waals surface area contributed by atoms with Crippen molar-refractivity contribution in [3.63, 3.8) is 0 Å². The highest BCUT2D eigenvalue weighted by Crippen LogP contribution is 2.23. The molecule has 0 spiro atoms. The molecule has 7 nitrogen and oxygen atoms in total. The van der Waals surface area contributed by atoms with E-state index in [9.17, 15) is 9.59 Å². The number of anilines is 1. The number of carbonyl (C=O) groups is 2. The molecule has 0 aromatic heterocycles. The first-order chi connectivity index (χ1) is 15.4. The molecule has 1 N–H and O–H groups in total. The Morgan fingerprint density at radius 3 is 2.34 bits per heavy atom. The van der Waals surface area contributed by atoms with E-state index in [1.165, 1.54) is 0 Å². The summed E-state index contributed by atoms with van der Waals surface area (Å²) in [6.45, 7) is 3.56. The van der Waals surface area contributed by atoms with E-state index in [4.69, 9.17) is 21.1 Å². The van der Waals surface area contributed by atoms with Gasteiger partial charge in [-0.05, 0) is 55.2 Å². The van der Waals surface area contributed by atoms with Gasteiger partial charge in [0.15, 0.2) is 0 Å². The van der Waals surface area contributed by atoms with Gasteiger partial charge in [0.1, 0.15) is 6.61 Å². The maximum atomic E-state index is 12.9. The fourth-order valence-corrected chi connectivity index (χ4v) is 3.75. The summed E-state index contributed by atoms with van der Waals surface area (Å²) in [6.07, 6.45) is 1.42. The Kier molecular flexibility index (Phi) is 8.36. The van der Waals surface area contributed by atoms with Crippen LogP contribution in [0.2, 0.25) is 5.02 Å². The summed E-state index contributed by atoms with van der Waals surface area (Å²) in [5.41, 5.74) is 2.46. The van der Waals surface area contributed by atoms with Crippen LogP contribution in [-0.2, 0) is 16.1 Å². The van der Waals surface area contributed by atoms with E-state index in [0.717, 1.165) is 24.0 Å². The van der Waals surface area contributed by atoms with Crippen LogP contribution >= 0.6 is 11.6 Å². The van der Waals surface area contributed by atoms with Gasteiger partial charge in [-0.15, -0.1) is 0 Å². The first-order valence-corrected chi connectivity index (χ1v) is 11.1. The van der Waals surface area contributed by atoms with Gasteiger partial charge in [-0.3, -0.25) is 5.32 Å². The van der Waals surface area contributed by atoms with Crippen LogP contribution in [0.25, 0.3) is 0 Å². The molecule has 1 unspecified atom stereocenters. The van der Waals surface area contributed by atoms with Gasteiger partial charge in [0, 0.05) is 38.0 Å². The molecule has 0 aliphatic carbocycles. The lowest BCUT2D eigenvalue weighted by molar-refractivity contribution is 0.0441. The average molecular weight is 460 g/mol. The highest BCUT2D eigenvalue weighted by atomic mass is 35.5. The largest absolute Gasteiger partial charge is 0.444 e. The van der Waals surface area contributed by atoms with Gasteiger partial charge < -0.3 is 19.3 Å². The first kappa shape index (κ1) is 23.9. The highest BCUT2D eigenvalue weighted by molar-refractivity contribution is 6.30. The van der Waals surface area contributed by atoms with E-state index in [-0.39, 0.29) is 24.8 Å². The summed E-state index contributed by atoms with van der Waals surface area (Å²) in [5, 5.41) is 3.35. The van der Waals surface area contributed by atoms with Gasteiger partial charge in [-0.25, -0.2) is 9.59 Å². The number of halogens is 1. The second kappa shape index (κ2) is 11.2. The van der Waals surface area contributed by atoms with Gasteiger partial charge in [-0.1, -0.05) is 35.9 Å². The minimum absolute atomic E-state index is 0.0139. The van der Waals surface area contributed by atoms with Crippen LogP contribution in [0.1, 0.15) is 36.9 Å². The Morgan fingerprint density at radius 1 is 1.12 bits per heavy atom. The molecule has 0 saturated carbocycles. The zero-order valence-corrected chi connectivity index (χ0v) is 19.5. The Labute approximate surface area is 194 Å². The molecule has 0 bridgehead atoms. The number of hydrogen-bond acceptors (Lipinski definition) is 4. The monoisotopic (exact) mass is 459 g/mol. The number of benzene rings is 2. The van der Waals surface area contributed by atoms with Crippen molar-refractivity contribution in [2.75, 3.05) is 32.6 Å². The van der Waals surface area contributed by atoms with Crippen LogP contribution in [0.4, 0.5) is 15.3 Å². The fourth-order valence-electron chi connectivity index (χ4n) is 3.62. The summed E-state index contributed by atoms with van der Waals surface area (Å²) < 4.78 is 10.6. The normalized spacial score (nSPS) is 15.2. The Morgan fingerprint density at radius 2 is 1.75 bits per heavy atom. The van der Waals surface area contributed by atoms with Crippen molar-refractivity contribution >= 4 is 29.4 Å². The molecule has 8 heteroatoms. The molecule has 3 rings (SSSR count). The molecule has 2 aromatic carbocycles. The van der Waals surface area contributed by atoms with Crippen molar-refractivity contribution in [3.05, 3.63) is 64.7 Å². The minimum Gasteiger partial charge on any atom is -0.444 e. The first-order valence-electron chi connectivity index (χ1n) is 10.7. The molecule has 172 valence electrons. The van der Waals surface area contributed by atoms with Crippen molar-refractivity contribution in [2.24, 2.45) is 0 Å². The number of likely N-dealkylation sites (tertiary alicyclic amines) is 1. The average Bonchev–Trinajstić information content (AvgIpc) is 2.83. The van der Waals surface area contributed by atoms with Crippen LogP contribution < -0.4 is 5.32 Å². The van der Waals surface area contributed by atoms with Gasteiger partial charge >= 0.3 is 12.1 Å². The molecule has 32 heavy (non-hydrogen) atoms. The number of methoxy groups -OCH3 is 1. The smallest absolute Gasteiger partial charge is 0.411 e. The summed E-state index contributed by atoms with van der Waals surface area (Å²) in [5.74, 6) is 0. The molecule has 1 fully saturated rings. The summed E-state index contributed by atoms with van der Waals surface area (Å²) in [6, 6.07) is 14.4. The van der Waals surface area contributed by atoms with Crippen molar-refractivity contribution < 1.29 is 19.1 Å². The number of nitrogens with zero attached hydrogens (tertiary/aromatic N) is 2. The molecular formula is C24H30ClN3O4. The predicted molar refractivity (Wildman–Crippen MR) is 125 cm³/mol. The van der Waals surface area contributed by atoms with Crippen molar-refractivity contribution in [1.82, 2.24) is 9.80 Å². The zero-order chi connectivity index (χ0) is 23.1. The van der Waals surface area contributed by atoms with Crippen molar-refractivity contribution in [1.29, 1.82) is 0 Å². The minimum atomic E-state index is -0.535. The molecule has 3 amide bonds. The maximum absolute atomic E-state index is 12.9. The number of carbonyl (C=O) groups excluding carboxylic acids is 2. The van der Waals surface area contributed by atoms with E-state index in [1.807, 2.05) is 43.1 Å².